The summed E-state index contributed by atoms with van der Waals surface area (Å²) in [6.45, 7) is 3.36. The maximum absolute atomic E-state index is 13.2. The number of nitrogens with zero attached hydrogens (tertiary/aromatic N) is 4. The molecule has 0 spiro atoms. The number of aromatic nitrogens is 4. The van der Waals surface area contributed by atoms with Crippen molar-refractivity contribution in [1.29, 1.82) is 0 Å². The Morgan fingerprint density at radius 1 is 1.35 bits per heavy atom. The van der Waals surface area contributed by atoms with Crippen LogP contribution in [0.4, 0.5) is 4.39 Å². The molecule has 1 aromatic carbocycles. The smallest absolute Gasteiger partial charge is 0.131 e. The molecule has 1 N–H and O–H groups in total. The first-order valence-electron chi connectivity index (χ1n) is 7.51. The Labute approximate surface area is 139 Å². The highest BCUT2D eigenvalue weighted by Crippen LogP contribution is 2.22. The number of rotatable bonds is 5. The van der Waals surface area contributed by atoms with Crippen LogP contribution in [0.15, 0.2) is 18.2 Å². The van der Waals surface area contributed by atoms with E-state index in [0.717, 1.165) is 29.0 Å². The van der Waals surface area contributed by atoms with Gasteiger partial charge >= 0.3 is 0 Å². The van der Waals surface area contributed by atoms with Crippen molar-refractivity contribution in [2.75, 3.05) is 7.05 Å². The van der Waals surface area contributed by atoms with E-state index in [4.69, 9.17) is 11.6 Å². The zero-order valence-corrected chi connectivity index (χ0v) is 14.2. The summed E-state index contributed by atoms with van der Waals surface area (Å²) in [7, 11) is 3.84. The fourth-order valence-electron chi connectivity index (χ4n) is 2.73. The molecule has 0 fully saturated rings. The SMILES string of the molecule is CCc1nn(C)c(Cl)c1CN(C)Cc1nc2ccc(F)cc2[nH]1. The van der Waals surface area contributed by atoms with E-state index in [0.29, 0.717) is 23.8 Å². The second kappa shape index (κ2) is 6.29. The van der Waals surface area contributed by atoms with Crippen LogP contribution in [-0.2, 0) is 26.6 Å². The van der Waals surface area contributed by atoms with Gasteiger partial charge in [-0.05, 0) is 31.7 Å². The number of fused-ring (bicyclic) bond motifs is 1. The van der Waals surface area contributed by atoms with E-state index in [2.05, 4.69) is 26.9 Å². The van der Waals surface area contributed by atoms with Gasteiger partial charge in [0.1, 0.15) is 16.8 Å². The summed E-state index contributed by atoms with van der Waals surface area (Å²) >= 11 is 6.33. The first kappa shape index (κ1) is 16.0. The van der Waals surface area contributed by atoms with Gasteiger partial charge in [0.05, 0.1) is 23.3 Å². The predicted molar refractivity (Wildman–Crippen MR) is 88.8 cm³/mol. The number of imidazole rings is 1. The van der Waals surface area contributed by atoms with E-state index < -0.39 is 0 Å². The molecule has 2 aromatic heterocycles. The summed E-state index contributed by atoms with van der Waals surface area (Å²) < 4.78 is 14.9. The first-order chi connectivity index (χ1) is 11.0. The van der Waals surface area contributed by atoms with Crippen molar-refractivity contribution in [3.05, 3.63) is 46.3 Å². The van der Waals surface area contributed by atoms with Crippen LogP contribution in [0.3, 0.4) is 0 Å². The molecule has 0 saturated heterocycles. The lowest BCUT2D eigenvalue weighted by atomic mass is 10.2. The van der Waals surface area contributed by atoms with Gasteiger partial charge in [0.2, 0.25) is 0 Å². The van der Waals surface area contributed by atoms with Crippen molar-refractivity contribution >= 4 is 22.6 Å². The van der Waals surface area contributed by atoms with Crippen LogP contribution in [0.25, 0.3) is 11.0 Å². The van der Waals surface area contributed by atoms with Crippen LogP contribution in [0.1, 0.15) is 24.0 Å². The number of benzene rings is 1. The standard InChI is InChI=1S/C16H19ClFN5/c1-4-12-11(16(17)23(3)21-12)8-22(2)9-15-19-13-6-5-10(18)7-14(13)20-15/h5-7H,4,8-9H2,1-3H3,(H,19,20). The molecule has 3 rings (SSSR count). The second-order valence-corrected chi connectivity index (χ2v) is 6.07. The number of H-pyrrole nitrogens is 1. The maximum Gasteiger partial charge on any atom is 0.131 e. The third kappa shape index (κ3) is 3.23. The van der Waals surface area contributed by atoms with Crippen LogP contribution in [-0.4, -0.2) is 31.7 Å². The summed E-state index contributed by atoms with van der Waals surface area (Å²) in [4.78, 5) is 9.75. The first-order valence-corrected chi connectivity index (χ1v) is 7.88. The van der Waals surface area contributed by atoms with Crippen molar-refractivity contribution in [2.24, 2.45) is 7.05 Å². The molecule has 0 atom stereocenters. The Morgan fingerprint density at radius 2 is 2.13 bits per heavy atom. The lowest BCUT2D eigenvalue weighted by Crippen LogP contribution is -2.18. The number of halogens is 2. The topological polar surface area (TPSA) is 49.7 Å². The van der Waals surface area contributed by atoms with Crippen molar-refractivity contribution < 1.29 is 4.39 Å². The zero-order valence-electron chi connectivity index (χ0n) is 13.4. The Balaban J connectivity index is 1.77. The molecule has 5 nitrogen and oxygen atoms in total. The van der Waals surface area contributed by atoms with Crippen LogP contribution in [0, 0.1) is 5.82 Å². The van der Waals surface area contributed by atoms with Gasteiger partial charge in [0, 0.05) is 19.2 Å². The summed E-state index contributed by atoms with van der Waals surface area (Å²) in [5, 5.41) is 5.09. The number of hydrogen-bond donors (Lipinski definition) is 1. The molecule has 0 aliphatic heterocycles. The third-order valence-corrected chi connectivity index (χ3v) is 4.30. The van der Waals surface area contributed by atoms with Gasteiger partial charge in [-0.3, -0.25) is 9.58 Å². The number of nitrogens with one attached hydrogen (secondary N) is 1. The zero-order chi connectivity index (χ0) is 16.6. The minimum Gasteiger partial charge on any atom is -0.341 e. The summed E-state index contributed by atoms with van der Waals surface area (Å²) in [5.74, 6) is 0.530. The van der Waals surface area contributed by atoms with Gasteiger partial charge in [-0.25, -0.2) is 9.37 Å². The van der Waals surface area contributed by atoms with Crippen LogP contribution in [0.2, 0.25) is 5.15 Å². The number of aryl methyl sites for hydroxylation is 2. The molecular formula is C16H19ClFN5. The highest BCUT2D eigenvalue weighted by Gasteiger charge is 2.16. The van der Waals surface area contributed by atoms with Gasteiger partial charge in [-0.15, -0.1) is 0 Å². The average Bonchev–Trinajstić information content (AvgIpc) is 3.01. The van der Waals surface area contributed by atoms with Gasteiger partial charge in [0.25, 0.3) is 0 Å². The summed E-state index contributed by atoms with van der Waals surface area (Å²) in [6, 6.07) is 4.55. The van der Waals surface area contributed by atoms with Crippen molar-refractivity contribution in [1.82, 2.24) is 24.6 Å². The molecule has 0 radical (unpaired) electrons. The second-order valence-electron chi connectivity index (χ2n) is 5.71. The van der Waals surface area contributed by atoms with Crippen LogP contribution >= 0.6 is 11.6 Å². The average molecular weight is 336 g/mol. The molecule has 2 heterocycles. The molecular weight excluding hydrogens is 317 g/mol. The molecule has 0 saturated carbocycles. The Bertz CT molecular complexity index is 838. The minimum atomic E-state index is -0.268. The monoisotopic (exact) mass is 335 g/mol. The highest BCUT2D eigenvalue weighted by molar-refractivity contribution is 6.30. The van der Waals surface area contributed by atoms with E-state index in [-0.39, 0.29) is 5.82 Å². The summed E-state index contributed by atoms with van der Waals surface area (Å²) in [5.41, 5.74) is 3.53. The molecule has 0 bridgehead atoms. The van der Waals surface area contributed by atoms with Crippen molar-refractivity contribution in [3.8, 4) is 0 Å². The van der Waals surface area contributed by atoms with Gasteiger partial charge in [-0.1, -0.05) is 18.5 Å². The predicted octanol–water partition coefficient (Wildman–Crippen LogP) is 3.28. The van der Waals surface area contributed by atoms with E-state index >= 15 is 0 Å². The molecule has 0 amide bonds. The molecule has 3 aromatic rings. The minimum absolute atomic E-state index is 0.268. The van der Waals surface area contributed by atoms with E-state index in [1.54, 1.807) is 10.7 Å². The molecule has 0 aliphatic rings. The Morgan fingerprint density at radius 3 is 2.87 bits per heavy atom. The normalized spacial score (nSPS) is 11.7. The van der Waals surface area contributed by atoms with E-state index in [1.165, 1.54) is 12.1 Å². The van der Waals surface area contributed by atoms with Gasteiger partial charge in [-0.2, -0.15) is 5.10 Å². The lowest BCUT2D eigenvalue weighted by molar-refractivity contribution is 0.311. The van der Waals surface area contributed by atoms with E-state index in [9.17, 15) is 4.39 Å². The Hall–Kier alpha value is -1.92. The molecule has 7 heteroatoms. The van der Waals surface area contributed by atoms with Crippen molar-refractivity contribution in [2.45, 2.75) is 26.4 Å². The third-order valence-electron chi connectivity index (χ3n) is 3.83. The van der Waals surface area contributed by atoms with Gasteiger partial charge < -0.3 is 4.98 Å². The van der Waals surface area contributed by atoms with E-state index in [1.807, 2.05) is 14.1 Å². The molecule has 0 aliphatic carbocycles. The molecule has 122 valence electrons. The van der Waals surface area contributed by atoms with Gasteiger partial charge in [0.15, 0.2) is 0 Å². The molecule has 23 heavy (non-hydrogen) atoms. The Kier molecular flexibility index (Phi) is 4.37. The largest absolute Gasteiger partial charge is 0.341 e. The number of aromatic amines is 1. The summed E-state index contributed by atoms with van der Waals surface area (Å²) in [6.07, 6.45) is 0.841. The molecule has 0 unspecified atom stereocenters. The number of hydrogen-bond acceptors (Lipinski definition) is 3. The van der Waals surface area contributed by atoms with Crippen LogP contribution < -0.4 is 0 Å². The maximum atomic E-state index is 13.2. The van der Waals surface area contributed by atoms with Crippen molar-refractivity contribution in [3.63, 3.8) is 0 Å². The van der Waals surface area contributed by atoms with Crippen LogP contribution in [0.5, 0.6) is 0 Å². The highest BCUT2D eigenvalue weighted by atomic mass is 35.5. The fourth-order valence-corrected chi connectivity index (χ4v) is 2.94. The fraction of sp³-hybridized carbons (Fsp3) is 0.375. The quantitative estimate of drug-likeness (QED) is 0.778. The lowest BCUT2D eigenvalue weighted by Gasteiger charge is -2.15.